The van der Waals surface area contributed by atoms with E-state index in [9.17, 15) is 34.2 Å². The topological polar surface area (TPSA) is 179 Å². The summed E-state index contributed by atoms with van der Waals surface area (Å²) in [5, 5.41) is 23.3. The Bertz CT molecular complexity index is 688. The fourth-order valence-corrected chi connectivity index (χ4v) is 3.68. The molecule has 1 aliphatic rings. The van der Waals surface area contributed by atoms with Gasteiger partial charge in [0.25, 0.3) is 0 Å². The van der Waals surface area contributed by atoms with Crippen molar-refractivity contribution in [1.82, 2.24) is 15.5 Å². The molecule has 3 amide bonds. The molecule has 0 aromatic rings. The van der Waals surface area contributed by atoms with Gasteiger partial charge in [-0.2, -0.15) is 11.8 Å². The van der Waals surface area contributed by atoms with Gasteiger partial charge < -0.3 is 31.5 Å². The molecule has 11 nitrogen and oxygen atoms in total. The highest BCUT2D eigenvalue weighted by atomic mass is 32.2. The van der Waals surface area contributed by atoms with Crippen molar-refractivity contribution in [2.45, 2.75) is 63.7 Å². The standard InChI is InChI=1S/C19H32N4O7S/c1-10(2)15(20)17(27)22-12(9-14(24)25)18(28)23-7-4-5-13(23)16(26)21-11(19(29)30)6-8-31-3/h10-13,15H,4-9,20H2,1-3H3,(H,21,26)(H,22,27)(H,24,25)(H,29,30). The number of thioether (sulfide) groups is 1. The van der Waals surface area contributed by atoms with Gasteiger partial charge in [-0.1, -0.05) is 13.8 Å². The summed E-state index contributed by atoms with van der Waals surface area (Å²) in [4.78, 5) is 61.9. The number of hydrogen-bond acceptors (Lipinski definition) is 7. The monoisotopic (exact) mass is 460 g/mol. The molecule has 0 saturated carbocycles. The SMILES string of the molecule is CSCCC(NC(=O)C1CCCN1C(=O)C(CC(=O)O)NC(=O)C(N)C(C)C)C(=O)O. The number of rotatable bonds is 12. The molecule has 0 radical (unpaired) electrons. The largest absolute Gasteiger partial charge is 0.481 e. The van der Waals surface area contributed by atoms with Crippen LogP contribution < -0.4 is 16.4 Å². The predicted molar refractivity (Wildman–Crippen MR) is 114 cm³/mol. The lowest BCUT2D eigenvalue weighted by Crippen LogP contribution is -2.57. The molecular formula is C19H32N4O7S. The van der Waals surface area contributed by atoms with Crippen LogP contribution in [0.15, 0.2) is 0 Å². The minimum atomic E-state index is -1.38. The van der Waals surface area contributed by atoms with Gasteiger partial charge in [0.05, 0.1) is 12.5 Å². The van der Waals surface area contributed by atoms with E-state index < -0.39 is 60.2 Å². The highest BCUT2D eigenvalue weighted by Gasteiger charge is 2.39. The third-order valence-electron chi connectivity index (χ3n) is 5.08. The fourth-order valence-electron chi connectivity index (χ4n) is 3.21. The lowest BCUT2D eigenvalue weighted by molar-refractivity contribution is -0.147. The molecule has 6 N–H and O–H groups in total. The van der Waals surface area contributed by atoms with Crippen molar-refractivity contribution in [3.8, 4) is 0 Å². The van der Waals surface area contributed by atoms with Gasteiger partial charge in [-0.15, -0.1) is 0 Å². The van der Waals surface area contributed by atoms with E-state index in [0.29, 0.717) is 18.6 Å². The Kier molecular flexibility index (Phi) is 10.8. The third-order valence-corrected chi connectivity index (χ3v) is 5.72. The Morgan fingerprint density at radius 1 is 1.13 bits per heavy atom. The first-order valence-corrected chi connectivity index (χ1v) is 11.5. The van der Waals surface area contributed by atoms with E-state index in [2.05, 4.69) is 10.6 Å². The van der Waals surface area contributed by atoms with Crippen LogP contribution in [-0.4, -0.2) is 87.5 Å². The number of carbonyl (C=O) groups is 5. The summed E-state index contributed by atoms with van der Waals surface area (Å²) in [7, 11) is 0. The van der Waals surface area contributed by atoms with Gasteiger partial charge in [-0.25, -0.2) is 4.79 Å². The summed E-state index contributed by atoms with van der Waals surface area (Å²) in [6.07, 6.45) is 2.19. The first-order chi connectivity index (χ1) is 14.5. The van der Waals surface area contributed by atoms with E-state index in [-0.39, 0.29) is 18.9 Å². The van der Waals surface area contributed by atoms with E-state index in [1.54, 1.807) is 13.8 Å². The maximum Gasteiger partial charge on any atom is 0.326 e. The molecule has 1 aliphatic heterocycles. The summed E-state index contributed by atoms with van der Waals surface area (Å²) in [6, 6.07) is -4.32. The van der Waals surface area contributed by atoms with Crippen molar-refractivity contribution in [3.05, 3.63) is 0 Å². The second-order valence-electron chi connectivity index (χ2n) is 7.80. The predicted octanol–water partition coefficient (Wildman–Crippen LogP) is -0.757. The molecule has 31 heavy (non-hydrogen) atoms. The van der Waals surface area contributed by atoms with Crippen LogP contribution in [-0.2, 0) is 24.0 Å². The summed E-state index contributed by atoms with van der Waals surface area (Å²) >= 11 is 1.45. The molecule has 12 heteroatoms. The summed E-state index contributed by atoms with van der Waals surface area (Å²) in [5.41, 5.74) is 5.79. The van der Waals surface area contributed by atoms with Crippen LogP contribution in [0, 0.1) is 5.92 Å². The van der Waals surface area contributed by atoms with Crippen LogP contribution in [0.5, 0.6) is 0 Å². The number of nitrogens with two attached hydrogens (primary N) is 1. The third kappa shape index (κ3) is 8.02. The lowest BCUT2D eigenvalue weighted by atomic mass is 10.0. The minimum Gasteiger partial charge on any atom is -0.481 e. The molecule has 0 bridgehead atoms. The van der Waals surface area contributed by atoms with Crippen LogP contribution in [0.3, 0.4) is 0 Å². The molecule has 0 aromatic heterocycles. The Morgan fingerprint density at radius 3 is 2.29 bits per heavy atom. The smallest absolute Gasteiger partial charge is 0.326 e. The van der Waals surface area contributed by atoms with Crippen molar-refractivity contribution in [2.24, 2.45) is 11.7 Å². The van der Waals surface area contributed by atoms with Gasteiger partial charge in [0.2, 0.25) is 17.7 Å². The number of carboxylic acid groups (broad SMARTS) is 2. The number of hydrogen-bond donors (Lipinski definition) is 5. The number of amides is 3. The number of aliphatic carboxylic acids is 2. The van der Waals surface area contributed by atoms with E-state index >= 15 is 0 Å². The average Bonchev–Trinajstić information content (AvgIpc) is 3.18. The van der Waals surface area contributed by atoms with Gasteiger partial charge in [0, 0.05) is 6.54 Å². The number of carboxylic acids is 2. The van der Waals surface area contributed by atoms with Crippen molar-refractivity contribution < 1.29 is 34.2 Å². The normalized spacial score (nSPS) is 18.9. The number of nitrogens with zero attached hydrogens (tertiary/aromatic N) is 1. The van der Waals surface area contributed by atoms with Gasteiger partial charge in [-0.3, -0.25) is 19.2 Å². The minimum absolute atomic E-state index is 0.196. The van der Waals surface area contributed by atoms with Crippen LogP contribution in [0.2, 0.25) is 0 Å². The summed E-state index contributed by atoms with van der Waals surface area (Å²) < 4.78 is 0. The van der Waals surface area contributed by atoms with E-state index in [4.69, 9.17) is 5.73 Å². The Labute approximate surface area is 185 Å². The van der Waals surface area contributed by atoms with Crippen LogP contribution in [0.1, 0.15) is 39.5 Å². The molecule has 4 unspecified atom stereocenters. The molecule has 1 heterocycles. The average molecular weight is 461 g/mol. The summed E-state index contributed by atoms with van der Waals surface area (Å²) in [5.74, 6) is -4.12. The Morgan fingerprint density at radius 2 is 1.77 bits per heavy atom. The van der Waals surface area contributed by atoms with Crippen LogP contribution in [0.4, 0.5) is 0 Å². The molecule has 1 fully saturated rings. The molecule has 4 atom stereocenters. The zero-order chi connectivity index (χ0) is 23.7. The first-order valence-electron chi connectivity index (χ1n) is 10.1. The van der Waals surface area contributed by atoms with Crippen molar-refractivity contribution in [3.63, 3.8) is 0 Å². The van der Waals surface area contributed by atoms with Gasteiger partial charge in [-0.05, 0) is 37.2 Å². The molecule has 1 saturated heterocycles. The molecule has 0 spiro atoms. The Hall–Kier alpha value is -2.34. The van der Waals surface area contributed by atoms with E-state index in [1.165, 1.54) is 16.7 Å². The van der Waals surface area contributed by atoms with Crippen molar-refractivity contribution in [1.29, 1.82) is 0 Å². The van der Waals surface area contributed by atoms with Gasteiger partial charge >= 0.3 is 11.9 Å². The zero-order valence-electron chi connectivity index (χ0n) is 18.0. The van der Waals surface area contributed by atoms with Crippen molar-refractivity contribution >= 4 is 41.4 Å². The van der Waals surface area contributed by atoms with Gasteiger partial charge in [0.1, 0.15) is 18.1 Å². The first kappa shape index (κ1) is 26.7. The van der Waals surface area contributed by atoms with Crippen LogP contribution in [0.25, 0.3) is 0 Å². The lowest BCUT2D eigenvalue weighted by Gasteiger charge is -2.29. The number of likely N-dealkylation sites (tertiary alicyclic amines) is 1. The van der Waals surface area contributed by atoms with Crippen molar-refractivity contribution in [2.75, 3.05) is 18.6 Å². The molecule has 1 rings (SSSR count). The van der Waals surface area contributed by atoms with E-state index in [1.807, 2.05) is 6.26 Å². The fraction of sp³-hybridized carbons (Fsp3) is 0.737. The maximum absolute atomic E-state index is 13.0. The second kappa shape index (κ2) is 12.5. The summed E-state index contributed by atoms with van der Waals surface area (Å²) in [6.45, 7) is 3.63. The van der Waals surface area contributed by atoms with Gasteiger partial charge in [0.15, 0.2) is 0 Å². The molecular weight excluding hydrogens is 428 g/mol. The highest BCUT2D eigenvalue weighted by Crippen LogP contribution is 2.20. The van der Waals surface area contributed by atoms with Crippen LogP contribution >= 0.6 is 11.8 Å². The molecule has 0 aromatic carbocycles. The molecule has 176 valence electrons. The van der Waals surface area contributed by atoms with E-state index in [0.717, 1.165) is 0 Å². The zero-order valence-corrected chi connectivity index (χ0v) is 18.8. The second-order valence-corrected chi connectivity index (χ2v) is 8.78. The quantitative estimate of drug-likeness (QED) is 0.250. The molecule has 0 aliphatic carbocycles. The maximum atomic E-state index is 13.0. The number of nitrogens with one attached hydrogen (secondary N) is 2. The Balaban J connectivity index is 2.95. The highest BCUT2D eigenvalue weighted by molar-refractivity contribution is 7.98. The number of carbonyl (C=O) groups excluding carboxylic acids is 3.